The van der Waals surface area contributed by atoms with Crippen LogP contribution in [0, 0.1) is 6.92 Å². The monoisotopic (exact) mass is 388 g/mol. The number of H-pyrrole nitrogens is 1. The number of ether oxygens (including phenoxy) is 1. The molecule has 148 valence electrons. The number of aromatic amines is 1. The molecule has 2 aromatic heterocycles. The fraction of sp³-hybridized carbons (Fsp3) is 0.353. The lowest BCUT2D eigenvalue weighted by atomic mass is 10.1. The third-order valence-corrected chi connectivity index (χ3v) is 4.65. The maximum Gasteiger partial charge on any atom is 0.280 e. The van der Waals surface area contributed by atoms with Gasteiger partial charge >= 0.3 is 0 Å². The van der Waals surface area contributed by atoms with E-state index in [-0.39, 0.29) is 23.1 Å². The summed E-state index contributed by atoms with van der Waals surface area (Å²) in [6.07, 6.45) is -4.84. The Labute approximate surface area is 158 Å². The van der Waals surface area contributed by atoms with Gasteiger partial charge < -0.3 is 31.1 Å². The van der Waals surface area contributed by atoms with E-state index in [1.165, 1.54) is 4.57 Å². The average Bonchev–Trinajstić information content (AvgIpc) is 3.15. The number of anilines is 3. The van der Waals surface area contributed by atoms with E-state index in [0.29, 0.717) is 5.69 Å². The molecule has 1 aliphatic heterocycles. The SMILES string of the molecule is Cc1ccc(Nc2nc3c(=O)[nH]c(N)nc3n2C2OC(CO)C(O)C2O)cc1. The van der Waals surface area contributed by atoms with Crippen LogP contribution in [0.25, 0.3) is 11.2 Å². The maximum absolute atomic E-state index is 12.3. The Balaban J connectivity index is 1.87. The average molecular weight is 388 g/mol. The topological polar surface area (TPSA) is 172 Å². The Kier molecular flexibility index (Phi) is 4.51. The number of aliphatic hydroxyl groups excluding tert-OH is 3. The van der Waals surface area contributed by atoms with Crippen LogP contribution in [0.15, 0.2) is 29.1 Å². The van der Waals surface area contributed by atoms with Crippen LogP contribution in [0.2, 0.25) is 0 Å². The molecule has 1 aliphatic rings. The fourth-order valence-corrected chi connectivity index (χ4v) is 3.19. The van der Waals surface area contributed by atoms with Crippen molar-refractivity contribution >= 4 is 28.7 Å². The number of nitrogen functional groups attached to an aromatic ring is 1. The Morgan fingerprint density at radius 3 is 2.61 bits per heavy atom. The van der Waals surface area contributed by atoms with Gasteiger partial charge in [0.2, 0.25) is 11.9 Å². The molecule has 28 heavy (non-hydrogen) atoms. The normalized spacial score (nSPS) is 24.7. The van der Waals surface area contributed by atoms with Crippen LogP contribution in [-0.4, -0.2) is 59.8 Å². The van der Waals surface area contributed by atoms with Gasteiger partial charge in [-0.15, -0.1) is 0 Å². The van der Waals surface area contributed by atoms with Crippen molar-refractivity contribution in [1.82, 2.24) is 19.5 Å². The van der Waals surface area contributed by atoms with Gasteiger partial charge in [0.05, 0.1) is 6.61 Å². The fourth-order valence-electron chi connectivity index (χ4n) is 3.19. The van der Waals surface area contributed by atoms with Crippen molar-refractivity contribution in [3.63, 3.8) is 0 Å². The van der Waals surface area contributed by atoms with E-state index in [1.54, 1.807) is 0 Å². The zero-order valence-electron chi connectivity index (χ0n) is 14.9. The number of hydrogen-bond acceptors (Lipinski definition) is 9. The van der Waals surface area contributed by atoms with Gasteiger partial charge in [-0.1, -0.05) is 17.7 Å². The minimum absolute atomic E-state index is 0.0125. The predicted molar refractivity (Wildman–Crippen MR) is 100 cm³/mol. The summed E-state index contributed by atoms with van der Waals surface area (Å²) in [6, 6.07) is 7.43. The number of nitrogens with zero attached hydrogens (tertiary/aromatic N) is 3. The minimum atomic E-state index is -1.38. The van der Waals surface area contributed by atoms with E-state index in [1.807, 2.05) is 31.2 Å². The number of fused-ring (bicyclic) bond motifs is 1. The van der Waals surface area contributed by atoms with E-state index in [9.17, 15) is 20.1 Å². The molecule has 1 fully saturated rings. The van der Waals surface area contributed by atoms with Gasteiger partial charge in [0.25, 0.3) is 5.56 Å². The van der Waals surface area contributed by atoms with Gasteiger partial charge in [-0.2, -0.15) is 4.98 Å². The summed E-state index contributed by atoms with van der Waals surface area (Å²) in [5.74, 6) is 0.0320. The highest BCUT2D eigenvalue weighted by atomic mass is 16.6. The molecule has 4 unspecified atom stereocenters. The number of nitrogens with one attached hydrogen (secondary N) is 2. The van der Waals surface area contributed by atoms with Crippen molar-refractivity contribution in [3.05, 3.63) is 40.2 Å². The molecule has 11 nitrogen and oxygen atoms in total. The summed E-state index contributed by atoms with van der Waals surface area (Å²) in [4.78, 5) is 23.0. The summed E-state index contributed by atoms with van der Waals surface area (Å²) in [5, 5.41) is 33.0. The lowest BCUT2D eigenvalue weighted by Gasteiger charge is -2.19. The molecule has 3 heterocycles. The summed E-state index contributed by atoms with van der Waals surface area (Å²) in [7, 11) is 0. The molecule has 0 bridgehead atoms. The number of rotatable bonds is 4. The van der Waals surface area contributed by atoms with Crippen molar-refractivity contribution in [2.24, 2.45) is 0 Å². The third-order valence-electron chi connectivity index (χ3n) is 4.65. The summed E-state index contributed by atoms with van der Waals surface area (Å²) >= 11 is 0. The van der Waals surface area contributed by atoms with Crippen LogP contribution in [0.3, 0.4) is 0 Å². The molecule has 0 saturated carbocycles. The van der Waals surface area contributed by atoms with Gasteiger partial charge in [0.15, 0.2) is 17.4 Å². The van der Waals surface area contributed by atoms with Crippen molar-refractivity contribution in [1.29, 1.82) is 0 Å². The molecule has 3 aromatic rings. The van der Waals surface area contributed by atoms with Gasteiger partial charge in [0.1, 0.15) is 18.3 Å². The van der Waals surface area contributed by atoms with E-state index in [4.69, 9.17) is 10.5 Å². The van der Waals surface area contributed by atoms with Crippen molar-refractivity contribution in [2.75, 3.05) is 17.7 Å². The van der Waals surface area contributed by atoms with Gasteiger partial charge in [0, 0.05) is 5.69 Å². The molecule has 0 radical (unpaired) electrons. The van der Waals surface area contributed by atoms with Crippen LogP contribution in [0.5, 0.6) is 0 Å². The summed E-state index contributed by atoms with van der Waals surface area (Å²) in [5.41, 5.74) is 6.91. The first kappa shape index (κ1) is 18.4. The highest BCUT2D eigenvalue weighted by Gasteiger charge is 2.45. The van der Waals surface area contributed by atoms with Gasteiger partial charge in [-0.05, 0) is 19.1 Å². The van der Waals surface area contributed by atoms with Gasteiger partial charge in [-0.3, -0.25) is 14.3 Å². The molecular weight excluding hydrogens is 368 g/mol. The second-order valence-electron chi connectivity index (χ2n) is 6.65. The molecule has 1 saturated heterocycles. The van der Waals surface area contributed by atoms with Crippen LogP contribution in [-0.2, 0) is 4.74 Å². The first-order chi connectivity index (χ1) is 13.4. The molecular formula is C17H20N6O5. The highest BCUT2D eigenvalue weighted by Crippen LogP contribution is 2.34. The standard InChI is InChI=1S/C17H20N6O5/c1-7-2-4-8(5-3-7)19-17-20-10-13(21-16(18)22-14(10)27)23(17)15-12(26)11(25)9(6-24)28-15/h2-5,9,11-12,15,24-26H,6H2,1H3,(H,19,20)(H3,18,21,22,27). The number of aryl methyl sites for hydroxylation is 1. The quantitative estimate of drug-likeness (QED) is 0.340. The largest absolute Gasteiger partial charge is 0.394 e. The lowest BCUT2D eigenvalue weighted by Crippen LogP contribution is -2.33. The molecule has 7 N–H and O–H groups in total. The highest BCUT2D eigenvalue weighted by molar-refractivity contribution is 5.76. The minimum Gasteiger partial charge on any atom is -0.394 e. The summed E-state index contributed by atoms with van der Waals surface area (Å²) < 4.78 is 6.96. The number of imidazole rings is 1. The molecule has 0 amide bonds. The lowest BCUT2D eigenvalue weighted by molar-refractivity contribution is -0.0501. The Bertz CT molecular complexity index is 1060. The zero-order chi connectivity index (χ0) is 20.0. The Morgan fingerprint density at radius 1 is 1.25 bits per heavy atom. The second-order valence-corrected chi connectivity index (χ2v) is 6.65. The predicted octanol–water partition coefficient (Wildman–Crippen LogP) is -0.635. The Hall–Kier alpha value is -2.99. The zero-order valence-corrected chi connectivity index (χ0v) is 14.9. The van der Waals surface area contributed by atoms with Crippen LogP contribution in [0.1, 0.15) is 11.8 Å². The number of nitrogens with two attached hydrogens (primary N) is 1. The first-order valence-electron chi connectivity index (χ1n) is 8.63. The summed E-state index contributed by atoms with van der Waals surface area (Å²) in [6.45, 7) is 1.46. The van der Waals surface area contributed by atoms with E-state index < -0.39 is 36.7 Å². The van der Waals surface area contributed by atoms with Crippen LogP contribution < -0.4 is 16.6 Å². The van der Waals surface area contributed by atoms with Crippen LogP contribution >= 0.6 is 0 Å². The molecule has 1 aromatic carbocycles. The van der Waals surface area contributed by atoms with Crippen LogP contribution in [0.4, 0.5) is 17.6 Å². The van der Waals surface area contributed by atoms with Crippen molar-refractivity contribution < 1.29 is 20.1 Å². The molecule has 4 rings (SSSR count). The molecule has 0 spiro atoms. The van der Waals surface area contributed by atoms with E-state index in [2.05, 4.69) is 20.3 Å². The molecule has 4 atom stereocenters. The van der Waals surface area contributed by atoms with Crippen molar-refractivity contribution in [2.45, 2.75) is 31.5 Å². The maximum atomic E-state index is 12.3. The Morgan fingerprint density at radius 2 is 1.96 bits per heavy atom. The third kappa shape index (κ3) is 2.99. The first-order valence-corrected chi connectivity index (χ1v) is 8.63. The van der Waals surface area contributed by atoms with E-state index >= 15 is 0 Å². The van der Waals surface area contributed by atoms with E-state index in [0.717, 1.165) is 5.56 Å². The number of hydrogen-bond donors (Lipinski definition) is 6. The second kappa shape index (κ2) is 6.87. The van der Waals surface area contributed by atoms with Crippen molar-refractivity contribution in [3.8, 4) is 0 Å². The number of aromatic nitrogens is 4. The van der Waals surface area contributed by atoms with Gasteiger partial charge in [-0.25, -0.2) is 4.98 Å². The number of aliphatic hydroxyl groups is 3. The molecule has 0 aliphatic carbocycles. The smallest absolute Gasteiger partial charge is 0.280 e. The number of benzene rings is 1. The molecule has 11 heteroatoms.